The van der Waals surface area contributed by atoms with Crippen molar-refractivity contribution in [1.29, 1.82) is 0 Å². The van der Waals surface area contributed by atoms with Crippen molar-refractivity contribution in [3.05, 3.63) is 94.9 Å². The molecule has 1 aromatic heterocycles. The second-order valence-electron chi connectivity index (χ2n) is 7.94. The van der Waals surface area contributed by atoms with Crippen LogP contribution >= 0.6 is 11.6 Å². The fraction of sp³-hybridized carbons (Fsp3) is 0.154. The van der Waals surface area contributed by atoms with E-state index in [1.54, 1.807) is 43.3 Å². The highest BCUT2D eigenvalue weighted by Crippen LogP contribution is 2.30. The van der Waals surface area contributed by atoms with Gasteiger partial charge in [-0.25, -0.2) is 17.6 Å². The van der Waals surface area contributed by atoms with Crippen LogP contribution in [0.25, 0.3) is 10.9 Å². The summed E-state index contributed by atoms with van der Waals surface area (Å²) in [6.45, 7) is 1.80. The van der Waals surface area contributed by atoms with Gasteiger partial charge < -0.3 is 14.6 Å². The van der Waals surface area contributed by atoms with E-state index < -0.39 is 33.3 Å². The molecule has 36 heavy (non-hydrogen) atoms. The number of rotatable bonds is 8. The maximum atomic E-state index is 14.3. The molecule has 0 spiro atoms. The predicted molar refractivity (Wildman–Crippen MR) is 135 cm³/mol. The second-order valence-corrected chi connectivity index (χ2v) is 10.3. The van der Waals surface area contributed by atoms with Crippen molar-refractivity contribution in [1.82, 2.24) is 4.57 Å². The molecule has 1 N–H and O–H groups in total. The first kappa shape index (κ1) is 25.4. The summed E-state index contributed by atoms with van der Waals surface area (Å²) in [4.78, 5) is 24.5. The number of carbonyl (C=O) groups excluding carboxylic acids is 2. The molecule has 4 rings (SSSR count). The van der Waals surface area contributed by atoms with Gasteiger partial charge in [-0.15, -0.1) is 0 Å². The Morgan fingerprint density at radius 3 is 2.44 bits per heavy atom. The van der Waals surface area contributed by atoms with E-state index in [0.717, 1.165) is 6.07 Å². The van der Waals surface area contributed by atoms with Gasteiger partial charge in [0, 0.05) is 33.4 Å². The minimum atomic E-state index is -4.00. The Labute approximate surface area is 212 Å². The summed E-state index contributed by atoms with van der Waals surface area (Å²) in [6.07, 6.45) is 1.37. The van der Waals surface area contributed by atoms with Gasteiger partial charge in [-0.1, -0.05) is 35.9 Å². The van der Waals surface area contributed by atoms with Crippen molar-refractivity contribution >= 4 is 49.9 Å². The fourth-order valence-electron chi connectivity index (χ4n) is 3.79. The standard InChI is InChI=1S/C26H22ClFN2O5S/c1-2-35-26(32)17-10-12-18(13-11-17)29-25(31)15-30-14-24(19-6-3-4-9-23(19)30)36(33,34)16-20-21(27)7-5-8-22(20)28/h3-14H,2,15-16H2,1H3,(H,29,31). The Morgan fingerprint density at radius 2 is 1.75 bits per heavy atom. The number of sulfone groups is 1. The van der Waals surface area contributed by atoms with Gasteiger partial charge in [0.15, 0.2) is 9.84 Å². The molecule has 186 valence electrons. The van der Waals surface area contributed by atoms with Crippen LogP contribution in [0, 0.1) is 5.82 Å². The van der Waals surface area contributed by atoms with Gasteiger partial charge in [-0.3, -0.25) is 4.79 Å². The minimum Gasteiger partial charge on any atom is -0.462 e. The van der Waals surface area contributed by atoms with Gasteiger partial charge in [-0.05, 0) is 49.4 Å². The van der Waals surface area contributed by atoms with Crippen LogP contribution in [0.2, 0.25) is 5.02 Å². The molecule has 0 bridgehead atoms. The zero-order valence-corrected chi connectivity index (χ0v) is 20.8. The summed E-state index contributed by atoms with van der Waals surface area (Å²) in [5, 5.41) is 3.16. The number of amides is 1. The molecule has 7 nitrogen and oxygen atoms in total. The largest absolute Gasteiger partial charge is 0.462 e. The highest BCUT2D eigenvalue weighted by Gasteiger charge is 2.25. The number of hydrogen-bond acceptors (Lipinski definition) is 5. The number of aromatic nitrogens is 1. The summed E-state index contributed by atoms with van der Waals surface area (Å²) < 4.78 is 47.3. The zero-order valence-electron chi connectivity index (χ0n) is 19.2. The highest BCUT2D eigenvalue weighted by atomic mass is 35.5. The van der Waals surface area contributed by atoms with Crippen molar-refractivity contribution in [2.24, 2.45) is 0 Å². The maximum absolute atomic E-state index is 14.3. The number of ether oxygens (including phenoxy) is 1. The number of anilines is 1. The van der Waals surface area contributed by atoms with Gasteiger partial charge in [0.1, 0.15) is 12.4 Å². The number of nitrogens with one attached hydrogen (secondary N) is 1. The van der Waals surface area contributed by atoms with Crippen LogP contribution < -0.4 is 5.32 Å². The molecular formula is C26H22ClFN2O5S. The molecule has 0 saturated carbocycles. The van der Waals surface area contributed by atoms with Crippen molar-refractivity contribution in [3.63, 3.8) is 0 Å². The SMILES string of the molecule is CCOC(=O)c1ccc(NC(=O)Cn2cc(S(=O)(=O)Cc3c(F)cccc3Cl)c3ccccc32)cc1. The third-order valence-corrected chi connectivity index (χ3v) is 7.50. The van der Waals surface area contributed by atoms with Crippen LogP contribution in [-0.4, -0.2) is 31.5 Å². The maximum Gasteiger partial charge on any atom is 0.338 e. The van der Waals surface area contributed by atoms with Gasteiger partial charge in [0.05, 0.1) is 22.8 Å². The summed E-state index contributed by atoms with van der Waals surface area (Å²) in [5.41, 5.74) is 1.24. The van der Waals surface area contributed by atoms with E-state index >= 15 is 0 Å². The summed E-state index contributed by atoms with van der Waals surface area (Å²) in [6, 6.07) is 17.0. The lowest BCUT2D eigenvalue weighted by atomic mass is 10.2. The molecule has 0 radical (unpaired) electrons. The number of hydrogen-bond donors (Lipinski definition) is 1. The monoisotopic (exact) mass is 528 g/mol. The average Bonchev–Trinajstić information content (AvgIpc) is 3.21. The minimum absolute atomic E-state index is 0.0238. The first-order chi connectivity index (χ1) is 17.2. The number of nitrogens with zero attached hydrogens (tertiary/aromatic N) is 1. The molecule has 0 aliphatic heterocycles. The molecule has 0 saturated heterocycles. The van der Waals surface area contributed by atoms with Crippen LogP contribution in [0.15, 0.2) is 77.8 Å². The molecule has 10 heteroatoms. The number of halogens is 2. The quantitative estimate of drug-likeness (QED) is 0.316. The van der Waals surface area contributed by atoms with E-state index in [0.29, 0.717) is 22.2 Å². The van der Waals surface area contributed by atoms with Crippen LogP contribution in [-0.2, 0) is 31.7 Å². The lowest BCUT2D eigenvalue weighted by Crippen LogP contribution is -2.18. The summed E-state index contributed by atoms with van der Waals surface area (Å²) >= 11 is 6.05. The van der Waals surface area contributed by atoms with Crippen molar-refractivity contribution in [2.45, 2.75) is 24.1 Å². The van der Waals surface area contributed by atoms with Crippen molar-refractivity contribution in [3.8, 4) is 0 Å². The summed E-state index contributed by atoms with van der Waals surface area (Å²) in [5.74, 6) is -2.19. The molecule has 0 unspecified atom stereocenters. The Bertz CT molecular complexity index is 1530. The van der Waals surface area contributed by atoms with E-state index in [1.807, 2.05) is 0 Å². The first-order valence-electron chi connectivity index (χ1n) is 11.0. The van der Waals surface area contributed by atoms with E-state index in [9.17, 15) is 22.4 Å². The zero-order chi connectivity index (χ0) is 25.9. The molecule has 0 aliphatic carbocycles. The number of esters is 1. The van der Waals surface area contributed by atoms with Crippen molar-refractivity contribution in [2.75, 3.05) is 11.9 Å². The average molecular weight is 529 g/mol. The lowest BCUT2D eigenvalue weighted by molar-refractivity contribution is -0.116. The smallest absolute Gasteiger partial charge is 0.338 e. The van der Waals surface area contributed by atoms with E-state index in [4.69, 9.17) is 16.3 Å². The van der Waals surface area contributed by atoms with Crippen LogP contribution in [0.5, 0.6) is 0 Å². The number of benzene rings is 3. The van der Waals surface area contributed by atoms with Gasteiger partial charge in [0.25, 0.3) is 0 Å². The molecule has 1 amide bonds. The molecular weight excluding hydrogens is 507 g/mol. The third kappa shape index (κ3) is 5.42. The Kier molecular flexibility index (Phi) is 7.42. The topological polar surface area (TPSA) is 94.5 Å². The van der Waals surface area contributed by atoms with Gasteiger partial charge >= 0.3 is 5.97 Å². The highest BCUT2D eigenvalue weighted by molar-refractivity contribution is 7.90. The predicted octanol–water partition coefficient (Wildman–Crippen LogP) is 5.22. The normalized spacial score (nSPS) is 11.4. The first-order valence-corrected chi connectivity index (χ1v) is 13.0. The fourth-order valence-corrected chi connectivity index (χ4v) is 5.72. The molecule has 0 aliphatic rings. The number of para-hydroxylation sites is 1. The van der Waals surface area contributed by atoms with Crippen LogP contribution in [0.1, 0.15) is 22.8 Å². The Balaban J connectivity index is 1.58. The molecule has 4 aromatic rings. The van der Waals surface area contributed by atoms with Crippen LogP contribution in [0.4, 0.5) is 10.1 Å². The van der Waals surface area contributed by atoms with Gasteiger partial charge in [-0.2, -0.15) is 0 Å². The Hall–Kier alpha value is -3.69. The van der Waals surface area contributed by atoms with E-state index in [1.165, 1.54) is 35.0 Å². The second kappa shape index (κ2) is 10.5. The summed E-state index contributed by atoms with van der Waals surface area (Å²) in [7, 11) is -4.00. The number of fused-ring (bicyclic) bond motifs is 1. The number of carbonyl (C=O) groups is 2. The lowest BCUT2D eigenvalue weighted by Gasteiger charge is -2.08. The molecule has 3 aromatic carbocycles. The van der Waals surface area contributed by atoms with E-state index in [2.05, 4.69) is 5.32 Å². The third-order valence-electron chi connectivity index (χ3n) is 5.48. The molecule has 1 heterocycles. The molecule has 0 atom stereocenters. The van der Waals surface area contributed by atoms with E-state index in [-0.39, 0.29) is 28.6 Å². The molecule has 0 fully saturated rings. The van der Waals surface area contributed by atoms with Crippen molar-refractivity contribution < 1.29 is 27.1 Å². The van der Waals surface area contributed by atoms with Crippen LogP contribution in [0.3, 0.4) is 0 Å². The Morgan fingerprint density at radius 1 is 1.03 bits per heavy atom. The van der Waals surface area contributed by atoms with Gasteiger partial charge in [0.2, 0.25) is 5.91 Å².